The molecular weight excluding hydrogens is 294 g/mol. The fraction of sp³-hybridized carbons (Fsp3) is 0.556. The monoisotopic (exact) mass is 321 g/mol. The van der Waals surface area contributed by atoms with E-state index in [1.54, 1.807) is 6.92 Å². The zero-order valence-corrected chi connectivity index (χ0v) is 14.1. The quantitative estimate of drug-likeness (QED) is 0.694. The molecule has 1 aromatic carbocycles. The molecule has 23 heavy (non-hydrogen) atoms. The summed E-state index contributed by atoms with van der Waals surface area (Å²) < 4.78 is 5.47. The van der Waals surface area contributed by atoms with Crippen LogP contribution >= 0.6 is 0 Å². The van der Waals surface area contributed by atoms with Crippen molar-refractivity contribution in [2.75, 3.05) is 13.2 Å². The summed E-state index contributed by atoms with van der Waals surface area (Å²) in [5.74, 6) is -1.31. The average molecular weight is 321 g/mol. The molecule has 0 spiro atoms. The van der Waals surface area contributed by atoms with Crippen LogP contribution < -0.4 is 5.32 Å². The van der Waals surface area contributed by atoms with Gasteiger partial charge in [-0.15, -0.1) is 0 Å². The molecule has 0 aliphatic heterocycles. The first-order valence-corrected chi connectivity index (χ1v) is 8.06. The van der Waals surface area contributed by atoms with Crippen LogP contribution in [0.1, 0.15) is 32.8 Å². The number of hydrogen-bond donors (Lipinski definition) is 2. The van der Waals surface area contributed by atoms with Crippen molar-refractivity contribution in [1.82, 2.24) is 5.32 Å². The minimum atomic E-state index is -0.914. The third kappa shape index (κ3) is 7.79. The number of ether oxygens (including phenoxy) is 1. The van der Waals surface area contributed by atoms with E-state index in [1.807, 2.05) is 30.3 Å². The van der Waals surface area contributed by atoms with Crippen LogP contribution in [-0.2, 0) is 20.7 Å². The Hall–Kier alpha value is -1.88. The van der Waals surface area contributed by atoms with Crippen LogP contribution in [0.25, 0.3) is 0 Å². The van der Waals surface area contributed by atoms with Gasteiger partial charge in [-0.25, -0.2) is 0 Å². The van der Waals surface area contributed by atoms with Crippen LogP contribution in [0.5, 0.6) is 0 Å². The lowest BCUT2D eigenvalue weighted by atomic mass is 9.99. The number of carbonyl (C=O) groups excluding carboxylic acids is 1. The molecule has 0 fully saturated rings. The van der Waals surface area contributed by atoms with Crippen LogP contribution in [0.2, 0.25) is 0 Å². The van der Waals surface area contributed by atoms with Gasteiger partial charge in [0, 0.05) is 13.2 Å². The molecule has 1 rings (SSSR count). The van der Waals surface area contributed by atoms with Gasteiger partial charge in [0.2, 0.25) is 5.91 Å². The highest BCUT2D eigenvalue weighted by atomic mass is 16.5. The number of nitrogens with one attached hydrogen (secondary N) is 1. The summed E-state index contributed by atoms with van der Waals surface area (Å²) >= 11 is 0. The Morgan fingerprint density at radius 2 is 1.83 bits per heavy atom. The number of carboxylic acids is 1. The Morgan fingerprint density at radius 3 is 2.39 bits per heavy atom. The van der Waals surface area contributed by atoms with Gasteiger partial charge in [-0.1, -0.05) is 44.2 Å². The molecule has 2 N–H and O–H groups in total. The Morgan fingerprint density at radius 1 is 1.17 bits per heavy atom. The van der Waals surface area contributed by atoms with E-state index in [0.29, 0.717) is 18.9 Å². The molecule has 0 aliphatic rings. The van der Waals surface area contributed by atoms with Crippen molar-refractivity contribution in [3.05, 3.63) is 35.9 Å². The van der Waals surface area contributed by atoms with Gasteiger partial charge in [-0.2, -0.15) is 0 Å². The minimum absolute atomic E-state index is 0.0982. The summed E-state index contributed by atoms with van der Waals surface area (Å²) in [4.78, 5) is 23.3. The van der Waals surface area contributed by atoms with Crippen molar-refractivity contribution in [2.24, 2.45) is 11.8 Å². The number of carboxylic acid groups (broad SMARTS) is 1. The summed E-state index contributed by atoms with van der Waals surface area (Å²) in [6.07, 6.45) is 0.711. The van der Waals surface area contributed by atoms with Crippen molar-refractivity contribution in [3.63, 3.8) is 0 Å². The zero-order valence-electron chi connectivity index (χ0n) is 14.1. The maximum atomic E-state index is 12.0. The zero-order chi connectivity index (χ0) is 17.2. The molecule has 2 atom stereocenters. The van der Waals surface area contributed by atoms with E-state index in [4.69, 9.17) is 4.74 Å². The summed E-state index contributed by atoms with van der Waals surface area (Å²) in [7, 11) is 0. The molecule has 0 aromatic heterocycles. The molecule has 5 heteroatoms. The van der Waals surface area contributed by atoms with Gasteiger partial charge in [-0.3, -0.25) is 9.59 Å². The van der Waals surface area contributed by atoms with Crippen molar-refractivity contribution in [1.29, 1.82) is 0 Å². The maximum absolute atomic E-state index is 12.0. The Kier molecular flexibility index (Phi) is 8.33. The van der Waals surface area contributed by atoms with E-state index < -0.39 is 18.0 Å². The van der Waals surface area contributed by atoms with Crippen LogP contribution in [0.3, 0.4) is 0 Å². The van der Waals surface area contributed by atoms with Crippen molar-refractivity contribution in [3.8, 4) is 0 Å². The molecule has 5 nitrogen and oxygen atoms in total. The standard InChI is InChI=1S/C18H27NO4/c1-13(2)9-10-23-14(3)17(20)19-12-16(18(21)22)11-15-7-5-4-6-8-15/h4-8,13-14,16H,9-12H2,1-3H3,(H,19,20)(H,21,22). The van der Waals surface area contributed by atoms with Gasteiger partial charge >= 0.3 is 5.97 Å². The summed E-state index contributed by atoms with van der Waals surface area (Å²) in [6, 6.07) is 9.40. The number of amides is 1. The van der Waals surface area contributed by atoms with E-state index in [9.17, 15) is 14.7 Å². The highest BCUT2D eigenvalue weighted by Gasteiger charge is 2.21. The first-order valence-electron chi connectivity index (χ1n) is 8.06. The molecular formula is C18H27NO4. The van der Waals surface area contributed by atoms with E-state index in [2.05, 4.69) is 19.2 Å². The molecule has 1 amide bonds. The largest absolute Gasteiger partial charge is 0.481 e. The summed E-state index contributed by atoms with van der Waals surface area (Å²) in [5, 5.41) is 12.0. The number of hydrogen-bond acceptors (Lipinski definition) is 3. The lowest BCUT2D eigenvalue weighted by Gasteiger charge is -2.17. The molecule has 0 saturated heterocycles. The van der Waals surface area contributed by atoms with Gasteiger partial charge in [0.25, 0.3) is 0 Å². The SMILES string of the molecule is CC(C)CCOC(C)C(=O)NCC(Cc1ccccc1)C(=O)O. The molecule has 0 bridgehead atoms. The van der Waals surface area contributed by atoms with Crippen molar-refractivity contribution in [2.45, 2.75) is 39.7 Å². The van der Waals surface area contributed by atoms with E-state index >= 15 is 0 Å². The molecule has 128 valence electrons. The van der Waals surface area contributed by atoms with Crippen LogP contribution in [0, 0.1) is 11.8 Å². The second kappa shape index (κ2) is 10.0. The molecule has 0 saturated carbocycles. The fourth-order valence-electron chi connectivity index (χ4n) is 2.07. The van der Waals surface area contributed by atoms with Crippen molar-refractivity contribution < 1.29 is 19.4 Å². The van der Waals surface area contributed by atoms with Gasteiger partial charge < -0.3 is 15.2 Å². The fourth-order valence-corrected chi connectivity index (χ4v) is 2.07. The molecule has 2 unspecified atom stereocenters. The predicted molar refractivity (Wildman–Crippen MR) is 89.2 cm³/mol. The molecule has 0 radical (unpaired) electrons. The average Bonchev–Trinajstić information content (AvgIpc) is 2.51. The first-order chi connectivity index (χ1) is 10.9. The number of benzene rings is 1. The van der Waals surface area contributed by atoms with Gasteiger partial charge in [0.15, 0.2) is 0 Å². The van der Waals surface area contributed by atoms with E-state index in [1.165, 1.54) is 0 Å². The first kappa shape index (κ1) is 19.2. The lowest BCUT2D eigenvalue weighted by Crippen LogP contribution is -2.40. The third-order valence-corrected chi connectivity index (χ3v) is 3.63. The Bertz CT molecular complexity index is 487. The second-order valence-corrected chi connectivity index (χ2v) is 6.17. The molecule has 0 heterocycles. The molecule has 0 aliphatic carbocycles. The number of aliphatic carboxylic acids is 1. The smallest absolute Gasteiger partial charge is 0.308 e. The van der Waals surface area contributed by atoms with Crippen LogP contribution in [0.15, 0.2) is 30.3 Å². The van der Waals surface area contributed by atoms with E-state index in [0.717, 1.165) is 12.0 Å². The lowest BCUT2D eigenvalue weighted by molar-refractivity contribution is -0.142. The third-order valence-electron chi connectivity index (χ3n) is 3.63. The highest BCUT2D eigenvalue weighted by Crippen LogP contribution is 2.09. The van der Waals surface area contributed by atoms with Crippen molar-refractivity contribution >= 4 is 11.9 Å². The van der Waals surface area contributed by atoms with Crippen LogP contribution in [-0.4, -0.2) is 36.2 Å². The van der Waals surface area contributed by atoms with Gasteiger partial charge in [0.05, 0.1) is 5.92 Å². The normalized spacial score (nSPS) is 13.6. The summed E-state index contributed by atoms with van der Waals surface area (Å²) in [5.41, 5.74) is 0.940. The Labute approximate surface area is 138 Å². The predicted octanol–water partition coefficient (Wildman–Crippen LogP) is 2.50. The topological polar surface area (TPSA) is 75.6 Å². The van der Waals surface area contributed by atoms with E-state index in [-0.39, 0.29) is 12.5 Å². The number of carbonyl (C=O) groups is 2. The summed E-state index contributed by atoms with van der Waals surface area (Å²) in [6.45, 7) is 6.49. The maximum Gasteiger partial charge on any atom is 0.308 e. The highest BCUT2D eigenvalue weighted by molar-refractivity contribution is 5.81. The van der Waals surface area contributed by atoms with Crippen LogP contribution in [0.4, 0.5) is 0 Å². The second-order valence-electron chi connectivity index (χ2n) is 6.17. The van der Waals surface area contributed by atoms with Gasteiger partial charge in [0.1, 0.15) is 6.10 Å². The molecule has 1 aromatic rings. The minimum Gasteiger partial charge on any atom is -0.481 e. The number of rotatable bonds is 10. The Balaban J connectivity index is 2.42. The van der Waals surface area contributed by atoms with Gasteiger partial charge in [-0.05, 0) is 31.2 Å².